The number of benzene rings is 2. The van der Waals surface area contributed by atoms with Crippen LogP contribution < -0.4 is 5.32 Å². The van der Waals surface area contributed by atoms with E-state index in [4.69, 9.17) is 16.3 Å². The minimum atomic E-state index is 0.482. The van der Waals surface area contributed by atoms with Crippen molar-refractivity contribution in [3.8, 4) is 11.1 Å². The summed E-state index contributed by atoms with van der Waals surface area (Å²) in [4.78, 5) is 4.29. The Hall–Kier alpha value is -2.36. The first-order valence-corrected chi connectivity index (χ1v) is 12.0. The highest BCUT2D eigenvalue weighted by atomic mass is 35.5. The molecule has 0 aliphatic heterocycles. The number of aryl methyl sites for hydroxylation is 1. The van der Waals surface area contributed by atoms with Crippen LogP contribution in [0.15, 0.2) is 59.1 Å². The Morgan fingerprint density at radius 1 is 1.12 bits per heavy atom. The largest absolute Gasteiger partial charge is 0.481 e. The van der Waals surface area contributed by atoms with E-state index in [0.29, 0.717) is 18.5 Å². The molecule has 2 aromatic carbocycles. The van der Waals surface area contributed by atoms with E-state index in [1.54, 1.807) is 14.2 Å². The van der Waals surface area contributed by atoms with Crippen molar-refractivity contribution < 1.29 is 4.74 Å². The fraction of sp³-hybridized carbons (Fsp3) is 0.393. The molecule has 0 amide bonds. The van der Waals surface area contributed by atoms with Crippen molar-refractivity contribution >= 4 is 23.6 Å². The Bertz CT molecular complexity index is 1000. The summed E-state index contributed by atoms with van der Waals surface area (Å²) < 4.78 is 5.49. The Morgan fingerprint density at radius 3 is 2.59 bits per heavy atom. The first-order chi connectivity index (χ1) is 15.6. The fourth-order valence-electron chi connectivity index (χ4n) is 4.43. The molecule has 32 heavy (non-hydrogen) atoms. The number of hydrogen-bond donors (Lipinski definition) is 1. The zero-order chi connectivity index (χ0) is 22.9. The van der Waals surface area contributed by atoms with Crippen LogP contribution in [0, 0.1) is 0 Å². The summed E-state index contributed by atoms with van der Waals surface area (Å²) in [6, 6.07) is 13.3. The maximum absolute atomic E-state index is 6.89. The number of allylic oxidation sites excluding steroid dienone is 2. The van der Waals surface area contributed by atoms with E-state index in [1.807, 2.05) is 6.08 Å². The number of aliphatic imine (C=N–C) groups is 1. The SMILES string of the molecule is CCC(CC)NC/C(=C/C=C/c1cccc(-c2cccc3c2CCC3)c1Cl)C(=NC)OC. The molecule has 0 unspecified atom stereocenters. The van der Waals surface area contributed by atoms with Gasteiger partial charge in [-0.1, -0.05) is 80.1 Å². The van der Waals surface area contributed by atoms with Crippen molar-refractivity contribution in [3.63, 3.8) is 0 Å². The van der Waals surface area contributed by atoms with Gasteiger partial charge in [-0.3, -0.25) is 4.99 Å². The molecule has 3 nitrogen and oxygen atoms in total. The fourth-order valence-corrected chi connectivity index (χ4v) is 4.72. The zero-order valence-electron chi connectivity index (χ0n) is 19.7. The van der Waals surface area contributed by atoms with Crippen molar-refractivity contribution in [3.05, 3.63) is 75.8 Å². The maximum atomic E-state index is 6.89. The van der Waals surface area contributed by atoms with Crippen LogP contribution >= 0.6 is 11.6 Å². The van der Waals surface area contributed by atoms with Gasteiger partial charge in [0.2, 0.25) is 5.90 Å². The van der Waals surface area contributed by atoms with Crippen LogP contribution in [-0.2, 0) is 17.6 Å². The van der Waals surface area contributed by atoms with Gasteiger partial charge in [0.15, 0.2) is 0 Å². The lowest BCUT2D eigenvalue weighted by molar-refractivity contribution is 0.399. The van der Waals surface area contributed by atoms with E-state index in [1.165, 1.54) is 29.5 Å². The monoisotopic (exact) mass is 450 g/mol. The Labute approximate surface area is 198 Å². The quantitative estimate of drug-likeness (QED) is 0.256. The molecule has 0 fully saturated rings. The Morgan fingerprint density at radius 2 is 1.88 bits per heavy atom. The minimum Gasteiger partial charge on any atom is -0.481 e. The first kappa shape index (κ1) is 24.3. The van der Waals surface area contributed by atoms with E-state index < -0.39 is 0 Å². The number of ether oxygens (including phenoxy) is 1. The second-order valence-corrected chi connectivity index (χ2v) is 8.56. The average molecular weight is 451 g/mol. The number of fused-ring (bicyclic) bond motifs is 1. The van der Waals surface area contributed by atoms with Gasteiger partial charge in [0, 0.05) is 30.8 Å². The normalized spacial score (nSPS) is 14.4. The summed E-state index contributed by atoms with van der Waals surface area (Å²) in [6.07, 6.45) is 11.9. The molecule has 4 heteroatoms. The van der Waals surface area contributed by atoms with Gasteiger partial charge in [-0.2, -0.15) is 0 Å². The van der Waals surface area contributed by atoms with Gasteiger partial charge in [-0.05, 0) is 54.4 Å². The minimum absolute atomic E-state index is 0.482. The summed E-state index contributed by atoms with van der Waals surface area (Å²) in [5.74, 6) is 0.646. The molecule has 0 atom stereocenters. The van der Waals surface area contributed by atoms with E-state index in [0.717, 1.165) is 41.0 Å². The summed E-state index contributed by atoms with van der Waals surface area (Å²) in [6.45, 7) is 5.11. The lowest BCUT2D eigenvalue weighted by atomic mass is 9.95. The lowest BCUT2D eigenvalue weighted by Crippen LogP contribution is -2.31. The van der Waals surface area contributed by atoms with Gasteiger partial charge in [0.05, 0.1) is 12.1 Å². The number of halogens is 1. The molecule has 170 valence electrons. The van der Waals surface area contributed by atoms with E-state index in [9.17, 15) is 0 Å². The van der Waals surface area contributed by atoms with Crippen molar-refractivity contribution in [2.24, 2.45) is 4.99 Å². The molecule has 2 aromatic rings. The van der Waals surface area contributed by atoms with Crippen molar-refractivity contribution in [1.82, 2.24) is 5.32 Å². The van der Waals surface area contributed by atoms with Gasteiger partial charge in [0.25, 0.3) is 0 Å². The molecular weight excluding hydrogens is 416 g/mol. The van der Waals surface area contributed by atoms with Crippen LogP contribution in [0.2, 0.25) is 5.02 Å². The predicted molar refractivity (Wildman–Crippen MR) is 139 cm³/mol. The second kappa shape index (κ2) is 12.0. The van der Waals surface area contributed by atoms with Crippen LogP contribution in [0.5, 0.6) is 0 Å². The molecule has 0 radical (unpaired) electrons. The molecular formula is C28H35ClN2O. The van der Waals surface area contributed by atoms with Crippen LogP contribution in [0.4, 0.5) is 0 Å². The number of rotatable bonds is 9. The Kier molecular flexibility index (Phi) is 9.13. The van der Waals surface area contributed by atoms with E-state index in [2.05, 4.69) is 72.7 Å². The summed E-state index contributed by atoms with van der Waals surface area (Å²) >= 11 is 6.89. The standard InChI is InChI=1S/C28H35ClN2O/c1-5-23(6-2)31-19-22(28(30-3)32-4)15-7-13-21-14-10-18-26(27(21)29)25-17-9-12-20-11-8-16-24(20)25/h7,9-10,12-15,17-18,23,31H,5-6,8,11,16,19H2,1-4H3/b13-7+,22-15-,30-28?. The summed E-state index contributed by atoms with van der Waals surface area (Å²) in [7, 11) is 3.42. The maximum Gasteiger partial charge on any atom is 0.212 e. The van der Waals surface area contributed by atoms with Gasteiger partial charge >= 0.3 is 0 Å². The molecule has 0 aromatic heterocycles. The lowest BCUT2D eigenvalue weighted by Gasteiger charge is -2.16. The third-order valence-electron chi connectivity index (χ3n) is 6.28. The third kappa shape index (κ3) is 5.70. The smallest absolute Gasteiger partial charge is 0.212 e. The highest BCUT2D eigenvalue weighted by molar-refractivity contribution is 6.34. The van der Waals surface area contributed by atoms with Gasteiger partial charge < -0.3 is 10.1 Å². The van der Waals surface area contributed by atoms with Crippen molar-refractivity contribution in [2.75, 3.05) is 20.7 Å². The van der Waals surface area contributed by atoms with Crippen LogP contribution in [0.25, 0.3) is 17.2 Å². The van der Waals surface area contributed by atoms with Crippen LogP contribution in [0.1, 0.15) is 49.8 Å². The van der Waals surface area contributed by atoms with Crippen molar-refractivity contribution in [1.29, 1.82) is 0 Å². The van der Waals surface area contributed by atoms with Gasteiger partial charge in [0.1, 0.15) is 0 Å². The molecule has 0 heterocycles. The molecule has 0 spiro atoms. The highest BCUT2D eigenvalue weighted by Gasteiger charge is 2.17. The summed E-state index contributed by atoms with van der Waals surface area (Å²) in [5, 5.41) is 4.39. The van der Waals surface area contributed by atoms with Gasteiger partial charge in [-0.15, -0.1) is 0 Å². The van der Waals surface area contributed by atoms with Crippen LogP contribution in [-0.4, -0.2) is 32.6 Å². The topological polar surface area (TPSA) is 33.6 Å². The third-order valence-corrected chi connectivity index (χ3v) is 6.70. The van der Waals surface area contributed by atoms with Gasteiger partial charge in [-0.25, -0.2) is 0 Å². The van der Waals surface area contributed by atoms with Crippen molar-refractivity contribution in [2.45, 2.75) is 52.0 Å². The predicted octanol–water partition coefficient (Wildman–Crippen LogP) is 6.89. The second-order valence-electron chi connectivity index (χ2n) is 8.18. The zero-order valence-corrected chi connectivity index (χ0v) is 20.5. The number of methoxy groups -OCH3 is 1. The van der Waals surface area contributed by atoms with E-state index >= 15 is 0 Å². The van der Waals surface area contributed by atoms with E-state index in [-0.39, 0.29) is 0 Å². The molecule has 0 saturated carbocycles. The molecule has 3 rings (SSSR count). The molecule has 1 aliphatic rings. The average Bonchev–Trinajstić information content (AvgIpc) is 3.30. The molecule has 0 bridgehead atoms. The number of nitrogens with zero attached hydrogens (tertiary/aromatic N) is 1. The highest BCUT2D eigenvalue weighted by Crippen LogP contribution is 2.37. The Balaban J connectivity index is 1.87. The molecule has 1 aliphatic carbocycles. The summed E-state index contributed by atoms with van der Waals surface area (Å²) in [5.41, 5.74) is 7.32. The first-order valence-electron chi connectivity index (χ1n) is 11.6. The molecule has 0 saturated heterocycles. The molecule has 1 N–H and O–H groups in total. The number of hydrogen-bond acceptors (Lipinski definition) is 3. The van der Waals surface area contributed by atoms with Crippen LogP contribution in [0.3, 0.4) is 0 Å². The number of nitrogens with one attached hydrogen (secondary N) is 1.